The number of methoxy groups -OCH3 is 1. The summed E-state index contributed by atoms with van der Waals surface area (Å²) < 4.78 is 45.4. The van der Waals surface area contributed by atoms with E-state index in [1.165, 1.54) is 32.2 Å². The number of amides is 1. The molecule has 0 fully saturated rings. The van der Waals surface area contributed by atoms with Gasteiger partial charge >= 0.3 is 6.36 Å². The number of halogens is 3. The third kappa shape index (κ3) is 4.96. The van der Waals surface area contributed by atoms with Crippen LogP contribution in [0.3, 0.4) is 0 Å². The molecule has 0 bridgehead atoms. The van der Waals surface area contributed by atoms with Crippen molar-refractivity contribution < 1.29 is 27.4 Å². The maximum atomic E-state index is 12.3. The van der Waals surface area contributed by atoms with E-state index in [0.29, 0.717) is 0 Å². The summed E-state index contributed by atoms with van der Waals surface area (Å²) in [5.41, 5.74) is -1.69. The number of benzene rings is 1. The average Bonchev–Trinajstić information content (AvgIpc) is 2.37. The number of nitriles is 1. The van der Waals surface area contributed by atoms with Gasteiger partial charge in [-0.05, 0) is 19.1 Å². The molecule has 0 heterocycles. The van der Waals surface area contributed by atoms with Crippen molar-refractivity contribution >= 4 is 5.91 Å². The second-order valence-corrected chi connectivity index (χ2v) is 4.38. The Hall–Kier alpha value is -2.27. The van der Waals surface area contributed by atoms with Crippen LogP contribution >= 0.6 is 0 Å². The van der Waals surface area contributed by atoms with Crippen molar-refractivity contribution in [2.45, 2.75) is 18.8 Å². The lowest BCUT2D eigenvalue weighted by Gasteiger charge is -2.22. The van der Waals surface area contributed by atoms with Crippen LogP contribution < -0.4 is 10.1 Å². The van der Waals surface area contributed by atoms with E-state index in [2.05, 4.69) is 10.1 Å². The zero-order valence-electron chi connectivity index (χ0n) is 11.3. The minimum absolute atomic E-state index is 0.114. The lowest BCUT2D eigenvalue weighted by molar-refractivity contribution is -0.274. The molecule has 0 spiro atoms. The molecule has 8 heteroatoms. The van der Waals surface area contributed by atoms with E-state index in [-0.39, 0.29) is 12.2 Å². The van der Waals surface area contributed by atoms with E-state index in [9.17, 15) is 18.0 Å². The number of nitrogens with zero attached hydrogens (tertiary/aromatic N) is 1. The number of hydrogen-bond acceptors (Lipinski definition) is 4. The highest BCUT2D eigenvalue weighted by Gasteiger charge is 2.34. The number of alkyl halides is 3. The van der Waals surface area contributed by atoms with Crippen molar-refractivity contribution in [3.63, 3.8) is 0 Å². The molecule has 1 aromatic rings. The molecule has 21 heavy (non-hydrogen) atoms. The molecule has 0 radical (unpaired) electrons. The molecule has 0 saturated heterocycles. The maximum absolute atomic E-state index is 12.3. The van der Waals surface area contributed by atoms with Gasteiger partial charge in [0, 0.05) is 7.11 Å². The maximum Gasteiger partial charge on any atom is 0.573 e. The molecule has 0 aromatic heterocycles. The number of para-hydroxylation sites is 1. The van der Waals surface area contributed by atoms with Crippen LogP contribution in [0.15, 0.2) is 24.3 Å². The van der Waals surface area contributed by atoms with Crippen LogP contribution in [0.4, 0.5) is 13.2 Å². The lowest BCUT2D eigenvalue weighted by atomic mass is 10.0. The molecule has 114 valence electrons. The molecule has 1 atom stereocenters. The molecule has 1 amide bonds. The molecule has 1 rings (SSSR count). The van der Waals surface area contributed by atoms with E-state index in [1.54, 1.807) is 0 Å². The lowest BCUT2D eigenvalue weighted by Crippen LogP contribution is -2.48. The molecule has 1 N–H and O–H groups in total. The number of carbonyl (C=O) groups is 1. The number of rotatable bonds is 5. The number of ether oxygens (including phenoxy) is 2. The van der Waals surface area contributed by atoms with Crippen molar-refractivity contribution in [3.8, 4) is 11.8 Å². The van der Waals surface area contributed by atoms with Gasteiger partial charge in [-0.3, -0.25) is 4.79 Å². The van der Waals surface area contributed by atoms with Crippen LogP contribution in [-0.4, -0.2) is 31.5 Å². The van der Waals surface area contributed by atoms with E-state index in [1.807, 2.05) is 6.07 Å². The molecular formula is C13H13F3N2O3. The molecular weight excluding hydrogens is 289 g/mol. The summed E-state index contributed by atoms with van der Waals surface area (Å²) in [6.45, 7) is 1.28. The van der Waals surface area contributed by atoms with Crippen LogP contribution in [0.1, 0.15) is 17.3 Å². The van der Waals surface area contributed by atoms with E-state index >= 15 is 0 Å². The van der Waals surface area contributed by atoms with Crippen LogP contribution in [0.2, 0.25) is 0 Å². The first kappa shape index (κ1) is 16.8. The minimum Gasteiger partial charge on any atom is -0.405 e. The predicted octanol–water partition coefficient (Wildman–Crippen LogP) is 2.24. The largest absolute Gasteiger partial charge is 0.573 e. The first-order valence-corrected chi connectivity index (χ1v) is 5.78. The highest BCUT2D eigenvalue weighted by Crippen LogP contribution is 2.26. The van der Waals surface area contributed by atoms with Gasteiger partial charge in [0.25, 0.3) is 5.91 Å². The predicted molar refractivity (Wildman–Crippen MR) is 66.5 cm³/mol. The van der Waals surface area contributed by atoms with Gasteiger partial charge in [0.15, 0.2) is 0 Å². The van der Waals surface area contributed by atoms with Gasteiger partial charge in [-0.2, -0.15) is 5.26 Å². The Morgan fingerprint density at radius 3 is 2.52 bits per heavy atom. The standard InChI is InChI=1S/C13H13F3N2O3/c1-12(7-17,8-20-2)18-11(19)9-5-3-4-6-10(9)21-13(14,15)16/h3-6H,8H2,1-2H3,(H,18,19)/t12-/m1/s1. The SMILES string of the molecule is COC[C@@](C)(C#N)NC(=O)c1ccccc1OC(F)(F)F. The van der Waals surface area contributed by atoms with Gasteiger partial charge < -0.3 is 14.8 Å². The van der Waals surface area contributed by atoms with E-state index < -0.39 is 23.6 Å². The van der Waals surface area contributed by atoms with Crippen molar-refractivity contribution in [3.05, 3.63) is 29.8 Å². The molecule has 0 aliphatic heterocycles. The summed E-state index contributed by atoms with van der Waals surface area (Å²) in [4.78, 5) is 12.0. The molecule has 0 aliphatic rings. The molecule has 0 unspecified atom stereocenters. The fourth-order valence-electron chi connectivity index (χ4n) is 1.57. The monoisotopic (exact) mass is 302 g/mol. The zero-order valence-corrected chi connectivity index (χ0v) is 11.3. The summed E-state index contributed by atoms with van der Waals surface area (Å²) in [5.74, 6) is -1.50. The second kappa shape index (κ2) is 6.45. The highest BCUT2D eigenvalue weighted by molar-refractivity contribution is 5.97. The molecule has 0 aliphatic carbocycles. The van der Waals surface area contributed by atoms with Gasteiger partial charge in [0.1, 0.15) is 11.3 Å². The van der Waals surface area contributed by atoms with Gasteiger partial charge in [0.2, 0.25) is 0 Å². The Morgan fingerprint density at radius 2 is 2.00 bits per heavy atom. The fourth-order valence-corrected chi connectivity index (χ4v) is 1.57. The summed E-state index contributed by atoms with van der Waals surface area (Å²) >= 11 is 0. The van der Waals surface area contributed by atoms with Gasteiger partial charge in [-0.25, -0.2) is 0 Å². The normalized spacial score (nSPS) is 13.9. The number of hydrogen-bond donors (Lipinski definition) is 1. The topological polar surface area (TPSA) is 71.3 Å². The van der Waals surface area contributed by atoms with Crippen LogP contribution in [0.25, 0.3) is 0 Å². The Morgan fingerprint density at radius 1 is 1.38 bits per heavy atom. The van der Waals surface area contributed by atoms with Gasteiger partial charge in [-0.15, -0.1) is 13.2 Å². The van der Waals surface area contributed by atoms with Crippen molar-refractivity contribution in [1.82, 2.24) is 5.32 Å². The van der Waals surface area contributed by atoms with Crippen LogP contribution in [0.5, 0.6) is 5.75 Å². The van der Waals surface area contributed by atoms with E-state index in [4.69, 9.17) is 10.00 Å². The third-order valence-corrected chi connectivity index (χ3v) is 2.43. The first-order chi connectivity index (χ1) is 9.71. The smallest absolute Gasteiger partial charge is 0.405 e. The Balaban J connectivity index is 3.01. The fraction of sp³-hybridized carbons (Fsp3) is 0.385. The van der Waals surface area contributed by atoms with Crippen molar-refractivity contribution in [1.29, 1.82) is 5.26 Å². The second-order valence-electron chi connectivity index (χ2n) is 4.38. The molecule has 0 saturated carbocycles. The van der Waals surface area contributed by atoms with Gasteiger partial charge in [-0.1, -0.05) is 12.1 Å². The van der Waals surface area contributed by atoms with Crippen molar-refractivity contribution in [2.24, 2.45) is 0 Å². The Bertz CT molecular complexity index is 554. The van der Waals surface area contributed by atoms with Crippen LogP contribution in [-0.2, 0) is 4.74 Å². The zero-order chi connectivity index (χ0) is 16.1. The minimum atomic E-state index is -4.92. The molecule has 1 aromatic carbocycles. The number of nitrogens with one attached hydrogen (secondary N) is 1. The van der Waals surface area contributed by atoms with Crippen LogP contribution in [0, 0.1) is 11.3 Å². The summed E-state index contributed by atoms with van der Waals surface area (Å²) in [6, 6.07) is 6.70. The van der Waals surface area contributed by atoms with Gasteiger partial charge in [0.05, 0.1) is 18.2 Å². The Kier molecular flexibility index (Phi) is 5.16. The molecule has 5 nitrogen and oxygen atoms in total. The quantitative estimate of drug-likeness (QED) is 0.905. The van der Waals surface area contributed by atoms with Crippen molar-refractivity contribution in [2.75, 3.05) is 13.7 Å². The summed E-state index contributed by atoms with van der Waals surface area (Å²) in [7, 11) is 1.34. The third-order valence-electron chi connectivity index (χ3n) is 2.43. The van der Waals surface area contributed by atoms with E-state index in [0.717, 1.165) is 6.07 Å². The number of carbonyl (C=O) groups excluding carboxylic acids is 1. The summed E-state index contributed by atoms with van der Waals surface area (Å²) in [5, 5.41) is 11.3. The Labute approximate surface area is 119 Å². The first-order valence-electron chi connectivity index (χ1n) is 5.78. The average molecular weight is 302 g/mol. The highest BCUT2D eigenvalue weighted by atomic mass is 19.4. The summed E-state index contributed by atoms with van der Waals surface area (Å²) in [6.07, 6.45) is -4.92.